The normalized spacial score (nSPS) is 15.9. The second-order valence-corrected chi connectivity index (χ2v) is 9.82. The van der Waals surface area contributed by atoms with Crippen molar-refractivity contribution in [2.24, 2.45) is 0 Å². The van der Waals surface area contributed by atoms with Crippen LogP contribution in [-0.2, 0) is 19.4 Å². The lowest BCUT2D eigenvalue weighted by molar-refractivity contribution is -0.123. The zero-order valence-corrected chi connectivity index (χ0v) is 19.3. The molecule has 5 rings (SSSR count). The zero-order chi connectivity index (χ0) is 24.7. The van der Waals surface area contributed by atoms with E-state index in [-0.39, 0.29) is 26.5 Å². The van der Waals surface area contributed by atoms with E-state index in [4.69, 9.17) is 14.2 Å². The third-order valence-electron chi connectivity index (χ3n) is 5.64. The first kappa shape index (κ1) is 22.6. The van der Waals surface area contributed by atoms with Crippen LogP contribution in [0.25, 0.3) is 0 Å². The molecular weight excluding hydrogens is 474 g/mol. The number of nitrogens with one attached hydrogen (secondary N) is 1. The molecule has 0 saturated carbocycles. The maximum atomic E-state index is 13.1. The van der Waals surface area contributed by atoms with Gasteiger partial charge in [-0.05, 0) is 49.4 Å². The molecule has 2 aliphatic rings. The number of carbonyl (C=O) groups is 3. The molecule has 1 unspecified atom stereocenters. The van der Waals surface area contributed by atoms with Gasteiger partial charge in [-0.1, -0.05) is 12.1 Å². The summed E-state index contributed by atoms with van der Waals surface area (Å²) in [6.07, 6.45) is -1.19. The van der Waals surface area contributed by atoms with Gasteiger partial charge < -0.3 is 19.5 Å². The molecule has 2 heterocycles. The minimum absolute atomic E-state index is 0.0235. The molecule has 0 saturated heterocycles. The van der Waals surface area contributed by atoms with Crippen molar-refractivity contribution in [2.45, 2.75) is 22.8 Å². The maximum absolute atomic E-state index is 13.1. The molecule has 2 aliphatic heterocycles. The topological polar surface area (TPSA) is 125 Å². The first-order valence-electron chi connectivity index (χ1n) is 10.7. The minimum Gasteiger partial charge on any atom is -0.486 e. The molecule has 10 heteroatoms. The number of benzene rings is 3. The summed E-state index contributed by atoms with van der Waals surface area (Å²) in [5, 5.41) is 2.64. The van der Waals surface area contributed by atoms with Crippen LogP contribution in [0.4, 0.5) is 5.69 Å². The van der Waals surface area contributed by atoms with E-state index in [2.05, 4.69) is 5.32 Å². The quantitative estimate of drug-likeness (QED) is 0.430. The van der Waals surface area contributed by atoms with Crippen LogP contribution in [0.15, 0.2) is 70.5 Å². The summed E-state index contributed by atoms with van der Waals surface area (Å²) in [6, 6.07) is 14.5. The Morgan fingerprint density at radius 2 is 1.63 bits per heavy atom. The Morgan fingerprint density at radius 3 is 2.43 bits per heavy atom. The van der Waals surface area contributed by atoms with Gasteiger partial charge in [0.1, 0.15) is 13.2 Å². The maximum Gasteiger partial charge on any atom is 0.338 e. The van der Waals surface area contributed by atoms with Gasteiger partial charge in [0.2, 0.25) is 9.84 Å². The third kappa shape index (κ3) is 4.01. The van der Waals surface area contributed by atoms with E-state index < -0.39 is 33.6 Å². The Bertz CT molecular complexity index is 1500. The number of carbonyl (C=O) groups excluding carboxylic acids is 3. The van der Waals surface area contributed by atoms with Gasteiger partial charge in [0, 0.05) is 22.9 Å². The Labute approximate surface area is 200 Å². The fourth-order valence-corrected chi connectivity index (χ4v) is 5.54. The Morgan fingerprint density at radius 1 is 0.914 bits per heavy atom. The van der Waals surface area contributed by atoms with Crippen molar-refractivity contribution in [2.75, 3.05) is 18.5 Å². The van der Waals surface area contributed by atoms with Crippen molar-refractivity contribution in [1.29, 1.82) is 0 Å². The highest BCUT2D eigenvalue weighted by molar-refractivity contribution is 7.91. The number of sulfone groups is 1. The smallest absolute Gasteiger partial charge is 0.338 e. The predicted molar refractivity (Wildman–Crippen MR) is 123 cm³/mol. The number of ether oxygens (including phenoxy) is 3. The number of rotatable bonds is 4. The molecule has 35 heavy (non-hydrogen) atoms. The molecule has 0 radical (unpaired) electrons. The van der Waals surface area contributed by atoms with E-state index in [1.165, 1.54) is 37.3 Å². The van der Waals surface area contributed by atoms with Crippen LogP contribution < -0.4 is 14.8 Å². The molecule has 3 aromatic rings. The average Bonchev–Trinajstić information content (AvgIpc) is 2.87. The largest absolute Gasteiger partial charge is 0.486 e. The molecule has 178 valence electrons. The van der Waals surface area contributed by atoms with Crippen molar-refractivity contribution in [3.63, 3.8) is 0 Å². The predicted octanol–water partition coefficient (Wildman–Crippen LogP) is 3.02. The summed E-state index contributed by atoms with van der Waals surface area (Å²) >= 11 is 0. The molecule has 3 aromatic carbocycles. The third-order valence-corrected chi connectivity index (χ3v) is 7.49. The number of amides is 1. The first-order chi connectivity index (χ1) is 16.8. The van der Waals surface area contributed by atoms with Gasteiger partial charge in [0.15, 0.2) is 23.4 Å². The molecule has 9 nitrogen and oxygen atoms in total. The van der Waals surface area contributed by atoms with E-state index in [0.717, 1.165) is 6.07 Å². The summed E-state index contributed by atoms with van der Waals surface area (Å²) in [5.74, 6) is -0.886. The number of hydrogen-bond acceptors (Lipinski definition) is 8. The van der Waals surface area contributed by atoms with Crippen LogP contribution in [0.2, 0.25) is 0 Å². The first-order valence-corrected chi connectivity index (χ1v) is 12.2. The van der Waals surface area contributed by atoms with Crippen molar-refractivity contribution < 1.29 is 37.0 Å². The Kier molecular flexibility index (Phi) is 5.52. The van der Waals surface area contributed by atoms with Gasteiger partial charge in [-0.15, -0.1) is 0 Å². The second-order valence-electron chi connectivity index (χ2n) is 7.93. The number of hydrogen-bond donors (Lipinski definition) is 1. The lowest BCUT2D eigenvalue weighted by Gasteiger charge is -2.20. The minimum atomic E-state index is -4.01. The van der Waals surface area contributed by atoms with Crippen molar-refractivity contribution in [3.8, 4) is 11.5 Å². The fraction of sp³-hybridized carbons (Fsp3) is 0.160. The summed E-state index contributed by atoms with van der Waals surface area (Å²) in [7, 11) is -4.01. The monoisotopic (exact) mass is 493 g/mol. The van der Waals surface area contributed by atoms with Crippen molar-refractivity contribution in [3.05, 3.63) is 77.4 Å². The van der Waals surface area contributed by atoms with Gasteiger partial charge in [-0.25, -0.2) is 13.2 Å². The summed E-state index contributed by atoms with van der Waals surface area (Å²) in [5.41, 5.74) is 0.391. The summed E-state index contributed by atoms with van der Waals surface area (Å²) < 4.78 is 42.3. The van der Waals surface area contributed by atoms with Crippen LogP contribution in [0, 0.1) is 0 Å². The lowest BCUT2D eigenvalue weighted by atomic mass is 10.0. The van der Waals surface area contributed by atoms with E-state index in [1.54, 1.807) is 24.3 Å². The molecule has 0 bridgehead atoms. The molecule has 0 spiro atoms. The molecule has 0 aliphatic carbocycles. The second kappa shape index (κ2) is 8.55. The van der Waals surface area contributed by atoms with E-state index in [9.17, 15) is 22.8 Å². The van der Waals surface area contributed by atoms with E-state index >= 15 is 0 Å². The van der Waals surface area contributed by atoms with Crippen LogP contribution in [0.1, 0.15) is 33.2 Å². The van der Waals surface area contributed by atoms with E-state index in [0.29, 0.717) is 30.4 Å². The zero-order valence-electron chi connectivity index (χ0n) is 18.4. The SMILES string of the molecule is CC(OC(=O)c1ccc2c(c1)S(=O)(=O)c1ccccc1C2=O)C(=O)Nc1ccc2c(c1)OCCO2. The highest BCUT2D eigenvalue weighted by atomic mass is 32.2. The van der Waals surface area contributed by atoms with Gasteiger partial charge in [-0.2, -0.15) is 0 Å². The number of esters is 1. The fourth-order valence-electron chi connectivity index (χ4n) is 3.86. The number of ketones is 1. The molecule has 0 aromatic heterocycles. The highest BCUT2D eigenvalue weighted by Gasteiger charge is 2.35. The van der Waals surface area contributed by atoms with Crippen molar-refractivity contribution >= 4 is 33.2 Å². The van der Waals surface area contributed by atoms with Gasteiger partial charge >= 0.3 is 5.97 Å². The molecular formula is C25H19NO8S. The van der Waals surface area contributed by atoms with Crippen LogP contribution in [0.3, 0.4) is 0 Å². The van der Waals surface area contributed by atoms with Crippen LogP contribution in [0.5, 0.6) is 11.5 Å². The van der Waals surface area contributed by atoms with Gasteiger partial charge in [-0.3, -0.25) is 9.59 Å². The Balaban J connectivity index is 1.33. The van der Waals surface area contributed by atoms with Crippen LogP contribution in [-0.4, -0.2) is 45.4 Å². The standard InChI is InChI=1S/C25H19NO8S/c1-14(24(28)26-16-7-9-19-20(13-16)33-11-10-32-19)34-25(29)15-6-8-18-22(12-15)35(30,31)21-5-3-2-4-17(21)23(18)27/h2-9,12-14H,10-11H2,1H3,(H,26,28). The highest BCUT2D eigenvalue weighted by Crippen LogP contribution is 2.35. The van der Waals surface area contributed by atoms with Gasteiger partial charge in [0.25, 0.3) is 5.91 Å². The summed E-state index contributed by atoms with van der Waals surface area (Å²) in [4.78, 5) is 37.6. The molecule has 1 atom stereocenters. The summed E-state index contributed by atoms with van der Waals surface area (Å²) in [6.45, 7) is 2.22. The van der Waals surface area contributed by atoms with Crippen LogP contribution >= 0.6 is 0 Å². The molecule has 0 fully saturated rings. The molecule has 1 N–H and O–H groups in total. The lowest BCUT2D eigenvalue weighted by Crippen LogP contribution is -2.30. The van der Waals surface area contributed by atoms with Gasteiger partial charge in [0.05, 0.1) is 15.4 Å². The van der Waals surface area contributed by atoms with E-state index in [1.807, 2.05) is 0 Å². The molecule has 1 amide bonds. The number of fused-ring (bicyclic) bond motifs is 3. The van der Waals surface area contributed by atoms with Crippen molar-refractivity contribution in [1.82, 2.24) is 0 Å². The Hall–Kier alpha value is -4.18. The average molecular weight is 493 g/mol. The number of anilines is 1.